The van der Waals surface area contributed by atoms with Crippen molar-refractivity contribution in [1.29, 1.82) is 5.26 Å². The molecule has 0 saturated carbocycles. The molecule has 5 nitrogen and oxygen atoms in total. The summed E-state index contributed by atoms with van der Waals surface area (Å²) in [5.74, 6) is 1.49. The van der Waals surface area contributed by atoms with Crippen molar-refractivity contribution in [2.45, 2.75) is 13.3 Å². The fourth-order valence-corrected chi connectivity index (χ4v) is 2.65. The number of ether oxygens (including phenoxy) is 1. The van der Waals surface area contributed by atoms with E-state index in [2.05, 4.69) is 11.2 Å². The summed E-state index contributed by atoms with van der Waals surface area (Å²) in [6.45, 7) is 2.01. The van der Waals surface area contributed by atoms with E-state index in [1.54, 1.807) is 13.2 Å². The lowest BCUT2D eigenvalue weighted by atomic mass is 9.97. The monoisotopic (exact) mass is 320 g/mol. The molecule has 0 amide bonds. The summed E-state index contributed by atoms with van der Waals surface area (Å²) in [6, 6.07) is 14.3. The second-order valence-corrected chi connectivity index (χ2v) is 5.26. The van der Waals surface area contributed by atoms with Gasteiger partial charge in [0.05, 0.1) is 18.7 Å². The van der Waals surface area contributed by atoms with Crippen LogP contribution in [0, 0.1) is 11.3 Å². The number of methoxy groups -OCH3 is 1. The summed E-state index contributed by atoms with van der Waals surface area (Å²) in [7, 11) is 1.62. The first-order valence-corrected chi connectivity index (χ1v) is 7.54. The Balaban J connectivity index is 2.12. The molecule has 0 aliphatic carbocycles. The normalized spacial score (nSPS) is 10.4. The SMILES string of the molecule is CCc1c(-c2ccc(O)cc2C#N)noc1-c1ccc(OC)cc1. The Bertz CT molecular complexity index is 905. The molecular formula is C19H16N2O3. The molecule has 1 N–H and O–H groups in total. The first-order chi connectivity index (χ1) is 11.7. The average Bonchev–Trinajstić information content (AvgIpc) is 3.05. The van der Waals surface area contributed by atoms with Crippen LogP contribution >= 0.6 is 0 Å². The summed E-state index contributed by atoms with van der Waals surface area (Å²) in [4.78, 5) is 0. The molecule has 3 rings (SSSR count). The fourth-order valence-electron chi connectivity index (χ4n) is 2.65. The van der Waals surface area contributed by atoms with Crippen molar-refractivity contribution in [3.05, 3.63) is 53.6 Å². The van der Waals surface area contributed by atoms with E-state index in [1.165, 1.54) is 12.1 Å². The highest BCUT2D eigenvalue weighted by Crippen LogP contribution is 2.35. The van der Waals surface area contributed by atoms with Gasteiger partial charge in [0.2, 0.25) is 0 Å². The van der Waals surface area contributed by atoms with E-state index in [-0.39, 0.29) is 5.75 Å². The van der Waals surface area contributed by atoms with Crippen LogP contribution in [0.2, 0.25) is 0 Å². The molecule has 1 heterocycles. The number of phenolic OH excluding ortho intramolecular Hbond substituents is 1. The van der Waals surface area contributed by atoms with E-state index in [4.69, 9.17) is 9.26 Å². The predicted molar refractivity (Wildman–Crippen MR) is 89.7 cm³/mol. The van der Waals surface area contributed by atoms with Gasteiger partial charge in [0.1, 0.15) is 17.2 Å². The number of nitriles is 1. The van der Waals surface area contributed by atoms with Gasteiger partial charge in [-0.05, 0) is 48.9 Å². The summed E-state index contributed by atoms with van der Waals surface area (Å²) in [6.07, 6.45) is 0.700. The molecular weight excluding hydrogens is 304 g/mol. The number of aromatic hydroxyl groups is 1. The standard InChI is InChI=1S/C19H16N2O3/c1-3-16-18(17-9-6-14(22)10-13(17)11-20)21-24-19(16)12-4-7-15(23-2)8-5-12/h4-10,22H,3H2,1-2H3. The quantitative estimate of drug-likeness (QED) is 0.781. The van der Waals surface area contributed by atoms with E-state index in [0.29, 0.717) is 29.0 Å². The minimum absolute atomic E-state index is 0.0484. The zero-order valence-corrected chi connectivity index (χ0v) is 13.4. The number of aromatic nitrogens is 1. The van der Waals surface area contributed by atoms with E-state index in [0.717, 1.165) is 16.9 Å². The first-order valence-electron chi connectivity index (χ1n) is 7.54. The van der Waals surface area contributed by atoms with Crippen LogP contribution in [0.15, 0.2) is 47.0 Å². The number of hydrogen-bond acceptors (Lipinski definition) is 5. The third-order valence-corrected chi connectivity index (χ3v) is 3.87. The van der Waals surface area contributed by atoms with Gasteiger partial charge in [-0.3, -0.25) is 0 Å². The largest absolute Gasteiger partial charge is 0.508 e. The van der Waals surface area contributed by atoms with Gasteiger partial charge in [-0.15, -0.1) is 0 Å². The maximum absolute atomic E-state index is 9.57. The molecule has 2 aromatic carbocycles. The van der Waals surface area contributed by atoms with Crippen molar-refractivity contribution < 1.29 is 14.4 Å². The van der Waals surface area contributed by atoms with E-state index >= 15 is 0 Å². The molecule has 3 aromatic rings. The molecule has 0 aliphatic rings. The molecule has 1 aromatic heterocycles. The Morgan fingerprint density at radius 1 is 1.21 bits per heavy atom. The second-order valence-electron chi connectivity index (χ2n) is 5.26. The predicted octanol–water partition coefficient (Wildman–Crippen LogP) is 4.16. The van der Waals surface area contributed by atoms with Crippen LogP contribution in [-0.2, 0) is 6.42 Å². The van der Waals surface area contributed by atoms with Gasteiger partial charge in [0, 0.05) is 16.7 Å². The van der Waals surface area contributed by atoms with Crippen molar-refractivity contribution in [3.8, 4) is 40.1 Å². The molecule has 0 atom stereocenters. The third-order valence-electron chi connectivity index (χ3n) is 3.87. The first kappa shape index (κ1) is 15.6. The van der Waals surface area contributed by atoms with Crippen molar-refractivity contribution in [2.75, 3.05) is 7.11 Å². The molecule has 0 aliphatic heterocycles. The fraction of sp³-hybridized carbons (Fsp3) is 0.158. The summed E-state index contributed by atoms with van der Waals surface area (Å²) in [5, 5.41) is 23.1. The van der Waals surface area contributed by atoms with Crippen LogP contribution in [0.4, 0.5) is 0 Å². The van der Waals surface area contributed by atoms with Gasteiger partial charge < -0.3 is 14.4 Å². The molecule has 0 spiro atoms. The minimum atomic E-state index is 0.0484. The van der Waals surface area contributed by atoms with E-state index < -0.39 is 0 Å². The number of hydrogen-bond donors (Lipinski definition) is 1. The van der Waals surface area contributed by atoms with Crippen LogP contribution in [0.3, 0.4) is 0 Å². The number of rotatable bonds is 4. The summed E-state index contributed by atoms with van der Waals surface area (Å²) >= 11 is 0. The zero-order valence-electron chi connectivity index (χ0n) is 13.4. The Hall–Kier alpha value is -3.26. The lowest BCUT2D eigenvalue weighted by molar-refractivity contribution is 0.414. The zero-order chi connectivity index (χ0) is 17.1. The van der Waals surface area contributed by atoms with Crippen LogP contribution < -0.4 is 4.74 Å². The topological polar surface area (TPSA) is 79.3 Å². The number of phenols is 1. The van der Waals surface area contributed by atoms with Gasteiger partial charge >= 0.3 is 0 Å². The van der Waals surface area contributed by atoms with Crippen LogP contribution in [0.1, 0.15) is 18.1 Å². The molecule has 24 heavy (non-hydrogen) atoms. The summed E-state index contributed by atoms with van der Waals surface area (Å²) < 4.78 is 10.7. The molecule has 0 saturated heterocycles. The minimum Gasteiger partial charge on any atom is -0.508 e. The molecule has 120 valence electrons. The number of nitrogens with zero attached hydrogens (tertiary/aromatic N) is 2. The molecule has 5 heteroatoms. The van der Waals surface area contributed by atoms with Gasteiger partial charge in [0.25, 0.3) is 0 Å². The Morgan fingerprint density at radius 2 is 1.96 bits per heavy atom. The van der Waals surface area contributed by atoms with Crippen molar-refractivity contribution in [1.82, 2.24) is 5.16 Å². The van der Waals surface area contributed by atoms with E-state index in [1.807, 2.05) is 31.2 Å². The highest BCUT2D eigenvalue weighted by Gasteiger charge is 2.20. The van der Waals surface area contributed by atoms with E-state index in [9.17, 15) is 10.4 Å². The molecule has 0 fully saturated rings. The number of benzene rings is 2. The molecule has 0 unspecified atom stereocenters. The van der Waals surface area contributed by atoms with Gasteiger partial charge in [-0.25, -0.2) is 0 Å². The van der Waals surface area contributed by atoms with Gasteiger partial charge in [0.15, 0.2) is 5.76 Å². The Labute approximate surface area is 139 Å². The third kappa shape index (κ3) is 2.70. The van der Waals surface area contributed by atoms with Crippen LogP contribution in [0.25, 0.3) is 22.6 Å². The smallest absolute Gasteiger partial charge is 0.170 e. The molecule has 0 bridgehead atoms. The van der Waals surface area contributed by atoms with Gasteiger partial charge in [-0.2, -0.15) is 5.26 Å². The van der Waals surface area contributed by atoms with Crippen LogP contribution in [-0.4, -0.2) is 17.4 Å². The maximum atomic E-state index is 9.57. The van der Waals surface area contributed by atoms with Crippen molar-refractivity contribution in [2.24, 2.45) is 0 Å². The maximum Gasteiger partial charge on any atom is 0.170 e. The Kier molecular flexibility index (Phi) is 4.21. The van der Waals surface area contributed by atoms with Crippen molar-refractivity contribution in [3.63, 3.8) is 0 Å². The van der Waals surface area contributed by atoms with Gasteiger partial charge in [-0.1, -0.05) is 12.1 Å². The Morgan fingerprint density at radius 3 is 2.58 bits per heavy atom. The average molecular weight is 320 g/mol. The van der Waals surface area contributed by atoms with Crippen LogP contribution in [0.5, 0.6) is 11.5 Å². The lowest BCUT2D eigenvalue weighted by Crippen LogP contribution is -1.90. The lowest BCUT2D eigenvalue weighted by Gasteiger charge is -2.05. The second kappa shape index (κ2) is 6.47. The van der Waals surface area contributed by atoms with Crippen molar-refractivity contribution >= 4 is 0 Å². The summed E-state index contributed by atoms with van der Waals surface area (Å²) in [5.41, 5.74) is 3.45. The highest BCUT2D eigenvalue weighted by atomic mass is 16.5. The molecule has 0 radical (unpaired) electrons. The highest BCUT2D eigenvalue weighted by molar-refractivity contribution is 5.76.